The number of rotatable bonds is 6. The third kappa shape index (κ3) is 4.79. The van der Waals surface area contributed by atoms with Crippen LogP contribution in [-0.2, 0) is 14.8 Å². The molecule has 2 aromatic rings. The number of hydrogen-bond acceptors (Lipinski definition) is 3. The van der Waals surface area contributed by atoms with Crippen molar-refractivity contribution in [2.45, 2.75) is 13.8 Å². The molecule has 1 amide bonds. The van der Waals surface area contributed by atoms with E-state index in [2.05, 4.69) is 21.2 Å². The van der Waals surface area contributed by atoms with Crippen molar-refractivity contribution >= 4 is 43.2 Å². The highest BCUT2D eigenvalue weighted by Crippen LogP contribution is 2.23. The van der Waals surface area contributed by atoms with E-state index in [1.807, 2.05) is 0 Å². The SMILES string of the molecule is CCS(=O)(=O)N(CC(=O)Nc1ccc(Br)cc1F)c1ccccc1C. The van der Waals surface area contributed by atoms with E-state index < -0.39 is 28.3 Å². The lowest BCUT2D eigenvalue weighted by molar-refractivity contribution is -0.114. The molecule has 0 aromatic heterocycles. The fourth-order valence-electron chi connectivity index (χ4n) is 2.24. The van der Waals surface area contributed by atoms with E-state index in [1.54, 1.807) is 37.3 Å². The Bertz CT molecular complexity index is 887. The Morgan fingerprint density at radius 1 is 1.24 bits per heavy atom. The molecule has 0 heterocycles. The summed E-state index contributed by atoms with van der Waals surface area (Å²) in [6.07, 6.45) is 0. The molecule has 0 saturated heterocycles. The molecule has 0 spiro atoms. The Morgan fingerprint density at radius 2 is 1.92 bits per heavy atom. The summed E-state index contributed by atoms with van der Waals surface area (Å²) in [5.74, 6) is -1.38. The van der Waals surface area contributed by atoms with Gasteiger partial charge in [0.2, 0.25) is 15.9 Å². The van der Waals surface area contributed by atoms with Gasteiger partial charge in [0, 0.05) is 4.47 Å². The van der Waals surface area contributed by atoms with Crippen LogP contribution in [0.1, 0.15) is 12.5 Å². The number of aryl methyl sites for hydroxylation is 1. The van der Waals surface area contributed by atoms with Crippen LogP contribution in [0.15, 0.2) is 46.9 Å². The van der Waals surface area contributed by atoms with Crippen LogP contribution in [0.5, 0.6) is 0 Å². The average Bonchev–Trinajstić information content (AvgIpc) is 2.56. The van der Waals surface area contributed by atoms with Crippen LogP contribution in [-0.4, -0.2) is 26.6 Å². The summed E-state index contributed by atoms with van der Waals surface area (Å²) < 4.78 is 40.3. The smallest absolute Gasteiger partial charge is 0.245 e. The second-order valence-corrected chi connectivity index (χ2v) is 8.46. The zero-order valence-electron chi connectivity index (χ0n) is 13.8. The van der Waals surface area contributed by atoms with Crippen LogP contribution < -0.4 is 9.62 Å². The molecule has 134 valence electrons. The van der Waals surface area contributed by atoms with Gasteiger partial charge in [0.05, 0.1) is 17.1 Å². The van der Waals surface area contributed by atoms with E-state index in [0.29, 0.717) is 10.2 Å². The molecule has 5 nitrogen and oxygen atoms in total. The molecule has 2 aromatic carbocycles. The van der Waals surface area contributed by atoms with E-state index >= 15 is 0 Å². The number of halogens is 2. The van der Waals surface area contributed by atoms with Crippen molar-refractivity contribution in [2.24, 2.45) is 0 Å². The van der Waals surface area contributed by atoms with Crippen molar-refractivity contribution in [1.29, 1.82) is 0 Å². The van der Waals surface area contributed by atoms with Gasteiger partial charge in [0.15, 0.2) is 0 Å². The first-order valence-electron chi connectivity index (χ1n) is 7.55. The van der Waals surface area contributed by atoms with Crippen LogP contribution in [0.25, 0.3) is 0 Å². The lowest BCUT2D eigenvalue weighted by Crippen LogP contribution is -2.39. The molecular formula is C17H18BrFN2O3S. The van der Waals surface area contributed by atoms with Crippen molar-refractivity contribution in [2.75, 3.05) is 21.9 Å². The van der Waals surface area contributed by atoms with Crippen LogP contribution in [0.4, 0.5) is 15.8 Å². The summed E-state index contributed by atoms with van der Waals surface area (Å²) in [7, 11) is -3.67. The Morgan fingerprint density at radius 3 is 2.52 bits per heavy atom. The van der Waals surface area contributed by atoms with Crippen molar-refractivity contribution in [1.82, 2.24) is 0 Å². The minimum Gasteiger partial charge on any atom is -0.322 e. The van der Waals surface area contributed by atoms with Crippen molar-refractivity contribution in [3.05, 3.63) is 58.3 Å². The van der Waals surface area contributed by atoms with E-state index in [1.165, 1.54) is 19.1 Å². The van der Waals surface area contributed by atoms with Crippen LogP contribution in [0, 0.1) is 12.7 Å². The predicted octanol–water partition coefficient (Wildman–Crippen LogP) is 3.69. The van der Waals surface area contributed by atoms with Gasteiger partial charge in [-0.05, 0) is 43.7 Å². The molecule has 0 atom stereocenters. The Hall–Kier alpha value is -1.93. The van der Waals surface area contributed by atoms with Crippen molar-refractivity contribution in [3.8, 4) is 0 Å². The Kier molecular flexibility index (Phi) is 6.18. The second-order valence-electron chi connectivity index (χ2n) is 5.37. The first-order valence-corrected chi connectivity index (χ1v) is 9.95. The predicted molar refractivity (Wildman–Crippen MR) is 101 cm³/mol. The van der Waals surface area contributed by atoms with E-state index in [9.17, 15) is 17.6 Å². The zero-order chi connectivity index (χ0) is 18.6. The number of benzene rings is 2. The lowest BCUT2D eigenvalue weighted by Gasteiger charge is -2.25. The van der Waals surface area contributed by atoms with Gasteiger partial charge in [-0.2, -0.15) is 0 Å². The maximum absolute atomic E-state index is 13.9. The van der Waals surface area contributed by atoms with Crippen LogP contribution in [0.3, 0.4) is 0 Å². The summed E-state index contributed by atoms with van der Waals surface area (Å²) in [6.45, 7) is 2.84. The molecule has 0 saturated carbocycles. The van der Waals surface area contributed by atoms with Crippen molar-refractivity contribution < 1.29 is 17.6 Å². The monoisotopic (exact) mass is 428 g/mol. The molecule has 1 N–H and O–H groups in total. The highest BCUT2D eigenvalue weighted by molar-refractivity contribution is 9.10. The molecule has 0 fully saturated rings. The standard InChI is InChI=1S/C17H18BrFN2O3S/c1-3-25(23,24)21(16-7-5-4-6-12(16)2)11-17(22)20-15-9-8-13(18)10-14(15)19/h4-10H,3,11H2,1-2H3,(H,20,22). The van der Waals surface area contributed by atoms with Gasteiger partial charge in [-0.3, -0.25) is 9.10 Å². The van der Waals surface area contributed by atoms with Gasteiger partial charge in [-0.25, -0.2) is 12.8 Å². The maximum Gasteiger partial charge on any atom is 0.245 e. The summed E-state index contributed by atoms with van der Waals surface area (Å²) in [4.78, 5) is 12.3. The molecule has 25 heavy (non-hydrogen) atoms. The molecule has 0 bridgehead atoms. The van der Waals surface area contributed by atoms with E-state index in [-0.39, 0.29) is 11.4 Å². The van der Waals surface area contributed by atoms with E-state index in [0.717, 1.165) is 9.87 Å². The van der Waals surface area contributed by atoms with Gasteiger partial charge in [-0.1, -0.05) is 34.1 Å². The number of carbonyl (C=O) groups is 1. The van der Waals surface area contributed by atoms with Crippen molar-refractivity contribution in [3.63, 3.8) is 0 Å². The number of nitrogens with zero attached hydrogens (tertiary/aromatic N) is 1. The molecule has 8 heteroatoms. The summed E-state index contributed by atoms with van der Waals surface area (Å²) in [5.41, 5.74) is 1.14. The third-order valence-electron chi connectivity index (χ3n) is 3.58. The normalized spacial score (nSPS) is 11.2. The fourth-order valence-corrected chi connectivity index (χ4v) is 3.71. The maximum atomic E-state index is 13.9. The summed E-state index contributed by atoms with van der Waals surface area (Å²) in [6, 6.07) is 11.1. The fraction of sp³-hybridized carbons (Fsp3) is 0.235. The molecule has 0 aliphatic heterocycles. The Balaban J connectivity index is 2.28. The minimum atomic E-state index is -3.67. The number of amides is 1. The first kappa shape index (κ1) is 19.4. The largest absolute Gasteiger partial charge is 0.322 e. The molecule has 0 radical (unpaired) electrons. The molecule has 0 aliphatic carbocycles. The van der Waals surface area contributed by atoms with Gasteiger partial charge in [0.1, 0.15) is 12.4 Å². The topological polar surface area (TPSA) is 66.5 Å². The van der Waals surface area contributed by atoms with Gasteiger partial charge < -0.3 is 5.32 Å². The van der Waals surface area contributed by atoms with Gasteiger partial charge >= 0.3 is 0 Å². The zero-order valence-corrected chi connectivity index (χ0v) is 16.2. The van der Waals surface area contributed by atoms with Crippen LogP contribution in [0.2, 0.25) is 0 Å². The van der Waals surface area contributed by atoms with E-state index in [4.69, 9.17) is 0 Å². The molecule has 0 unspecified atom stereocenters. The number of sulfonamides is 1. The number of para-hydroxylation sites is 1. The average molecular weight is 429 g/mol. The number of nitrogens with one attached hydrogen (secondary N) is 1. The number of hydrogen-bond donors (Lipinski definition) is 1. The van der Waals surface area contributed by atoms with Gasteiger partial charge in [-0.15, -0.1) is 0 Å². The summed E-state index contributed by atoms with van der Waals surface area (Å²) >= 11 is 3.14. The minimum absolute atomic E-state index is 0.00756. The summed E-state index contributed by atoms with van der Waals surface area (Å²) in [5, 5.41) is 2.41. The highest BCUT2D eigenvalue weighted by atomic mass is 79.9. The third-order valence-corrected chi connectivity index (χ3v) is 5.80. The lowest BCUT2D eigenvalue weighted by atomic mass is 10.2. The molecule has 2 rings (SSSR count). The number of carbonyl (C=O) groups excluding carboxylic acids is 1. The van der Waals surface area contributed by atoms with Gasteiger partial charge in [0.25, 0.3) is 0 Å². The first-order chi connectivity index (χ1) is 11.7. The molecule has 0 aliphatic rings. The van der Waals surface area contributed by atoms with Crippen LogP contribution >= 0.6 is 15.9 Å². The number of anilines is 2. The quantitative estimate of drug-likeness (QED) is 0.762. The Labute approximate surface area is 155 Å². The highest BCUT2D eigenvalue weighted by Gasteiger charge is 2.25. The molecular weight excluding hydrogens is 411 g/mol. The second kappa shape index (κ2) is 7.97.